The molecule has 2 aromatic rings. The number of hydrogen-bond acceptors (Lipinski definition) is 2. The molecule has 0 aromatic heterocycles. The van der Waals surface area contributed by atoms with Crippen molar-refractivity contribution < 1.29 is 5.21 Å². The van der Waals surface area contributed by atoms with Crippen molar-refractivity contribution in [3.05, 3.63) is 48.0 Å². The van der Waals surface area contributed by atoms with Crippen LogP contribution in [0.2, 0.25) is 0 Å². The Morgan fingerprint density at radius 1 is 1.07 bits per heavy atom. The van der Waals surface area contributed by atoms with Crippen LogP contribution in [0.1, 0.15) is 5.56 Å². The zero-order chi connectivity index (χ0) is 9.80. The average molecular weight is 185 g/mol. The molecule has 0 aliphatic heterocycles. The highest BCUT2D eigenvalue weighted by Crippen LogP contribution is 2.15. The van der Waals surface area contributed by atoms with Gasteiger partial charge in [0.1, 0.15) is 0 Å². The van der Waals surface area contributed by atoms with Gasteiger partial charge in [-0.25, -0.2) is 0 Å². The third-order valence-electron chi connectivity index (χ3n) is 2.22. The van der Waals surface area contributed by atoms with Crippen molar-refractivity contribution in [1.82, 2.24) is 0 Å². The zero-order valence-electron chi connectivity index (χ0n) is 7.72. The van der Waals surface area contributed by atoms with E-state index in [0.717, 1.165) is 5.56 Å². The van der Waals surface area contributed by atoms with Gasteiger partial charge in [0.25, 0.3) is 0 Å². The van der Waals surface area contributed by atoms with Crippen LogP contribution < -0.4 is 0 Å². The summed E-state index contributed by atoms with van der Waals surface area (Å²) in [6.07, 6.45) is 2.16. The van der Waals surface area contributed by atoms with Crippen LogP contribution >= 0.6 is 0 Å². The number of hydrogen-bond donors (Lipinski definition) is 1. The molecular formula is C12H11NO. The molecule has 0 spiro atoms. The predicted octanol–water partition coefficient (Wildman–Crippen LogP) is 2.84. The van der Waals surface area contributed by atoms with Crippen LogP contribution in [0.4, 0.5) is 0 Å². The van der Waals surface area contributed by atoms with E-state index in [9.17, 15) is 0 Å². The molecule has 0 atom stereocenters. The lowest BCUT2D eigenvalue weighted by molar-refractivity contribution is 0.321. The molecule has 0 bridgehead atoms. The first-order valence-corrected chi connectivity index (χ1v) is 4.54. The van der Waals surface area contributed by atoms with E-state index in [2.05, 4.69) is 29.4 Å². The van der Waals surface area contributed by atoms with Gasteiger partial charge in [-0.15, -0.1) is 5.16 Å². The first kappa shape index (κ1) is 8.75. The quantitative estimate of drug-likeness (QED) is 0.435. The van der Waals surface area contributed by atoms with Gasteiger partial charge in [0, 0.05) is 12.6 Å². The van der Waals surface area contributed by atoms with Crippen LogP contribution in [0.5, 0.6) is 0 Å². The average Bonchev–Trinajstić information content (AvgIpc) is 2.26. The number of nitrogens with zero attached hydrogens (tertiary/aromatic N) is 1. The van der Waals surface area contributed by atoms with Crippen LogP contribution in [0.25, 0.3) is 10.8 Å². The molecule has 0 saturated carbocycles. The summed E-state index contributed by atoms with van der Waals surface area (Å²) in [5.41, 5.74) is 1.15. The lowest BCUT2D eigenvalue weighted by Gasteiger charge is -1.99. The van der Waals surface area contributed by atoms with Gasteiger partial charge in [0.05, 0.1) is 0 Å². The maximum atomic E-state index is 8.31. The first-order valence-electron chi connectivity index (χ1n) is 4.54. The second-order valence-corrected chi connectivity index (χ2v) is 3.18. The largest absolute Gasteiger partial charge is 0.411 e. The van der Waals surface area contributed by atoms with Gasteiger partial charge in [-0.1, -0.05) is 42.5 Å². The van der Waals surface area contributed by atoms with Crippen LogP contribution in [0, 0.1) is 0 Å². The van der Waals surface area contributed by atoms with E-state index in [1.165, 1.54) is 17.0 Å². The molecule has 14 heavy (non-hydrogen) atoms. The van der Waals surface area contributed by atoms with Gasteiger partial charge in [-0.05, 0) is 16.3 Å². The molecule has 0 amide bonds. The highest BCUT2D eigenvalue weighted by molar-refractivity contribution is 5.83. The summed E-state index contributed by atoms with van der Waals surface area (Å²) in [5.74, 6) is 0. The minimum Gasteiger partial charge on any atom is -0.411 e. The maximum Gasteiger partial charge on any atom is 0.0479 e. The molecule has 0 aliphatic carbocycles. The summed E-state index contributed by atoms with van der Waals surface area (Å²) in [6.45, 7) is 0. The molecule has 1 N–H and O–H groups in total. The Morgan fingerprint density at radius 3 is 2.64 bits per heavy atom. The summed E-state index contributed by atoms with van der Waals surface area (Å²) >= 11 is 0. The van der Waals surface area contributed by atoms with Crippen molar-refractivity contribution in [2.75, 3.05) is 0 Å². The van der Waals surface area contributed by atoms with Gasteiger partial charge < -0.3 is 5.21 Å². The minimum absolute atomic E-state index is 0.668. The maximum absolute atomic E-state index is 8.31. The number of fused-ring (bicyclic) bond motifs is 1. The number of oxime groups is 1. The van der Waals surface area contributed by atoms with Crippen molar-refractivity contribution in [2.45, 2.75) is 6.42 Å². The van der Waals surface area contributed by atoms with Crippen LogP contribution in [0.3, 0.4) is 0 Å². The molecule has 0 unspecified atom stereocenters. The second kappa shape index (κ2) is 3.92. The Bertz CT molecular complexity index is 463. The molecule has 0 fully saturated rings. The van der Waals surface area contributed by atoms with Crippen molar-refractivity contribution in [1.29, 1.82) is 0 Å². The lowest BCUT2D eigenvalue weighted by Crippen LogP contribution is -1.85. The molecule has 2 aromatic carbocycles. The highest BCUT2D eigenvalue weighted by atomic mass is 16.4. The smallest absolute Gasteiger partial charge is 0.0479 e. The Kier molecular flexibility index (Phi) is 2.45. The molecule has 2 nitrogen and oxygen atoms in total. The van der Waals surface area contributed by atoms with Crippen LogP contribution in [-0.4, -0.2) is 11.4 Å². The second-order valence-electron chi connectivity index (χ2n) is 3.18. The highest BCUT2D eigenvalue weighted by Gasteiger charge is 1.94. The number of benzene rings is 2. The van der Waals surface area contributed by atoms with Crippen molar-refractivity contribution in [2.24, 2.45) is 5.16 Å². The van der Waals surface area contributed by atoms with E-state index >= 15 is 0 Å². The summed E-state index contributed by atoms with van der Waals surface area (Å²) in [5, 5.41) is 13.7. The van der Waals surface area contributed by atoms with Gasteiger partial charge >= 0.3 is 0 Å². The van der Waals surface area contributed by atoms with Gasteiger partial charge in [-0.2, -0.15) is 0 Å². The van der Waals surface area contributed by atoms with E-state index in [-0.39, 0.29) is 0 Å². The molecule has 2 heteroatoms. The summed E-state index contributed by atoms with van der Waals surface area (Å²) in [4.78, 5) is 0. The fourth-order valence-corrected chi connectivity index (χ4v) is 1.51. The van der Waals surface area contributed by atoms with Crippen molar-refractivity contribution >= 4 is 17.0 Å². The fraction of sp³-hybridized carbons (Fsp3) is 0.0833. The molecule has 2 rings (SSSR count). The van der Waals surface area contributed by atoms with Crippen molar-refractivity contribution in [3.63, 3.8) is 0 Å². The van der Waals surface area contributed by atoms with Gasteiger partial charge in [0.2, 0.25) is 0 Å². The molecule has 0 aliphatic rings. The van der Waals surface area contributed by atoms with Gasteiger partial charge in [-0.3, -0.25) is 0 Å². The Hall–Kier alpha value is -1.83. The van der Waals surface area contributed by atoms with Crippen LogP contribution in [-0.2, 0) is 6.42 Å². The normalized spacial score (nSPS) is 11.1. The first-order chi connectivity index (χ1) is 6.90. The summed E-state index contributed by atoms with van der Waals surface area (Å²) in [7, 11) is 0. The topological polar surface area (TPSA) is 32.6 Å². The van der Waals surface area contributed by atoms with E-state index < -0.39 is 0 Å². The standard InChI is InChI=1S/C12H11NO/c14-13-8-7-10-5-6-11-3-1-2-4-12(11)9-10/h1-6,8-9,14H,7H2/b13-8-. The monoisotopic (exact) mass is 185 g/mol. The Balaban J connectivity index is 2.41. The third kappa shape index (κ3) is 1.74. The SMILES string of the molecule is O/N=C\Cc1ccc2ccccc2c1. The van der Waals surface area contributed by atoms with Crippen molar-refractivity contribution in [3.8, 4) is 0 Å². The number of rotatable bonds is 2. The minimum atomic E-state index is 0.668. The molecule has 0 saturated heterocycles. The van der Waals surface area contributed by atoms with Crippen LogP contribution in [0.15, 0.2) is 47.6 Å². The van der Waals surface area contributed by atoms with E-state index in [0.29, 0.717) is 6.42 Å². The van der Waals surface area contributed by atoms with E-state index in [4.69, 9.17) is 5.21 Å². The Morgan fingerprint density at radius 2 is 1.86 bits per heavy atom. The Labute approximate surface area is 82.5 Å². The van der Waals surface area contributed by atoms with E-state index in [1.54, 1.807) is 0 Å². The fourth-order valence-electron chi connectivity index (χ4n) is 1.51. The zero-order valence-corrected chi connectivity index (χ0v) is 7.72. The predicted molar refractivity (Wildman–Crippen MR) is 57.9 cm³/mol. The van der Waals surface area contributed by atoms with Gasteiger partial charge in [0.15, 0.2) is 0 Å². The summed E-state index contributed by atoms with van der Waals surface area (Å²) in [6, 6.07) is 14.4. The third-order valence-corrected chi connectivity index (χ3v) is 2.22. The lowest BCUT2D eigenvalue weighted by atomic mass is 10.1. The summed E-state index contributed by atoms with van der Waals surface area (Å²) < 4.78 is 0. The molecular weight excluding hydrogens is 174 g/mol. The molecule has 70 valence electrons. The molecule has 0 radical (unpaired) electrons. The van der Waals surface area contributed by atoms with E-state index in [1.807, 2.05) is 18.2 Å². The molecule has 0 heterocycles.